The Labute approximate surface area is 225 Å². The van der Waals surface area contributed by atoms with E-state index < -0.39 is 11.7 Å². The van der Waals surface area contributed by atoms with Crippen LogP contribution in [-0.4, -0.2) is 55.5 Å². The summed E-state index contributed by atoms with van der Waals surface area (Å²) in [5, 5.41) is 31.0. The van der Waals surface area contributed by atoms with E-state index in [9.17, 15) is 20.0 Å². The Balaban J connectivity index is 1.26. The van der Waals surface area contributed by atoms with Gasteiger partial charge in [-0.05, 0) is 81.5 Å². The van der Waals surface area contributed by atoms with Crippen molar-refractivity contribution < 1.29 is 19.4 Å². The monoisotopic (exact) mass is 529 g/mol. The molecule has 2 bridgehead atoms. The summed E-state index contributed by atoms with van der Waals surface area (Å²) >= 11 is 0. The molecule has 2 amide bonds. The summed E-state index contributed by atoms with van der Waals surface area (Å²) in [6.07, 6.45) is 8.19. The van der Waals surface area contributed by atoms with Gasteiger partial charge < -0.3 is 26.2 Å². The number of carbonyl (C=O) groups is 2. The highest BCUT2D eigenvalue weighted by atomic mass is 16.6. The van der Waals surface area contributed by atoms with Crippen LogP contribution in [0.4, 0.5) is 10.5 Å². The van der Waals surface area contributed by atoms with Gasteiger partial charge in [-0.1, -0.05) is 0 Å². The molecular weight excluding hydrogens is 498 g/mol. The van der Waals surface area contributed by atoms with Gasteiger partial charge in [0.15, 0.2) is 0 Å². The zero-order valence-corrected chi connectivity index (χ0v) is 21.5. The van der Waals surface area contributed by atoms with E-state index in [0.29, 0.717) is 41.9 Å². The van der Waals surface area contributed by atoms with Gasteiger partial charge in [0, 0.05) is 18.3 Å². The van der Waals surface area contributed by atoms with Crippen molar-refractivity contribution in [2.24, 2.45) is 11.7 Å². The van der Waals surface area contributed by atoms with Crippen LogP contribution in [0, 0.1) is 17.2 Å². The number of nitriles is 1. The molecule has 7 rings (SSSR count). The van der Waals surface area contributed by atoms with Crippen molar-refractivity contribution >= 4 is 23.2 Å². The fourth-order valence-electron chi connectivity index (χ4n) is 6.21. The molecule has 0 radical (unpaired) electrons. The molecule has 3 aromatic rings. The predicted molar refractivity (Wildman–Crippen MR) is 142 cm³/mol. The normalized spacial score (nSPS) is 27.4. The minimum Gasteiger partial charge on any atom is -0.446 e. The van der Waals surface area contributed by atoms with Crippen LogP contribution in [0.2, 0.25) is 0 Å². The van der Waals surface area contributed by atoms with Gasteiger partial charge in [-0.25, -0.2) is 9.31 Å². The second-order valence-electron chi connectivity index (χ2n) is 11.3. The number of ether oxygens (including phenoxy) is 1. The molecule has 39 heavy (non-hydrogen) atoms. The van der Waals surface area contributed by atoms with Crippen molar-refractivity contribution in [2.75, 3.05) is 11.9 Å². The maximum absolute atomic E-state index is 13.4. The van der Waals surface area contributed by atoms with Crippen LogP contribution < -0.4 is 16.4 Å². The largest absolute Gasteiger partial charge is 0.446 e. The minimum atomic E-state index is -0.774. The molecule has 0 unspecified atom stereocenters. The molecule has 0 aliphatic heterocycles. The number of hydrogen-bond acceptors (Lipinski definition) is 8. The number of carbonyl (C=O) groups excluding carboxylic acids is 2. The van der Waals surface area contributed by atoms with Crippen molar-refractivity contribution in [3.63, 3.8) is 0 Å². The number of rotatable bonds is 7. The van der Waals surface area contributed by atoms with Crippen LogP contribution in [0.25, 0.3) is 16.9 Å². The molecule has 0 saturated heterocycles. The average Bonchev–Trinajstić information content (AvgIpc) is 3.33. The van der Waals surface area contributed by atoms with Gasteiger partial charge in [-0.3, -0.25) is 9.78 Å². The molecule has 0 atom stereocenters. The molecule has 3 aromatic heterocycles. The molecule has 3 heterocycles. The first-order chi connectivity index (χ1) is 18.7. The van der Waals surface area contributed by atoms with E-state index in [-0.39, 0.29) is 23.5 Å². The first kappa shape index (κ1) is 25.1. The van der Waals surface area contributed by atoms with Crippen molar-refractivity contribution in [2.45, 2.75) is 68.6 Å². The number of pyridine rings is 1. The van der Waals surface area contributed by atoms with Crippen LogP contribution in [0.1, 0.15) is 67.3 Å². The molecule has 11 nitrogen and oxygen atoms in total. The fraction of sp³-hybridized carbons (Fsp3) is 0.464. The minimum absolute atomic E-state index is 0.187. The number of anilines is 1. The van der Waals surface area contributed by atoms with Gasteiger partial charge in [0.05, 0.1) is 45.5 Å². The third-order valence-corrected chi connectivity index (χ3v) is 8.67. The second-order valence-corrected chi connectivity index (χ2v) is 11.3. The highest BCUT2D eigenvalue weighted by Gasteiger charge is 2.48. The number of fused-ring (bicyclic) bond motifs is 4. The second kappa shape index (κ2) is 9.54. The van der Waals surface area contributed by atoms with Gasteiger partial charge in [0.1, 0.15) is 12.2 Å². The third kappa shape index (κ3) is 4.88. The standard InChI is InChI=1S/C28H31N7O4/c29-13-18-9-19-1-2-24(35(19)33-15-18)23-12-22(34-27-3-6-28(38,7-4-27)8-5-27)21(16-31-23)25(36)32-14-17-10-20(11-17)39-26(30)37/h1-2,9,12,15-17,20,38H,3-8,10-11,14H2,(H2,30,37)(H,31,34)(H,32,36)/t17-,20-,27?,28?. The van der Waals surface area contributed by atoms with Crippen LogP contribution >= 0.6 is 0 Å². The first-order valence-corrected chi connectivity index (χ1v) is 13.4. The maximum atomic E-state index is 13.4. The zero-order chi connectivity index (χ0) is 27.2. The van der Waals surface area contributed by atoms with Crippen molar-refractivity contribution in [1.82, 2.24) is 19.9 Å². The molecule has 4 aliphatic carbocycles. The summed E-state index contributed by atoms with van der Waals surface area (Å²) in [5.74, 6) is -0.0153. The van der Waals surface area contributed by atoms with E-state index >= 15 is 0 Å². The lowest BCUT2D eigenvalue weighted by Crippen LogP contribution is -2.54. The van der Waals surface area contributed by atoms with E-state index in [2.05, 4.69) is 26.8 Å². The summed E-state index contributed by atoms with van der Waals surface area (Å²) in [6.45, 7) is 0.464. The van der Waals surface area contributed by atoms with E-state index in [1.807, 2.05) is 18.2 Å². The van der Waals surface area contributed by atoms with Crippen molar-refractivity contribution in [3.05, 3.63) is 47.8 Å². The van der Waals surface area contributed by atoms with E-state index in [1.165, 1.54) is 6.20 Å². The molecule has 11 heteroatoms. The van der Waals surface area contributed by atoms with E-state index in [1.54, 1.807) is 16.8 Å². The lowest BCUT2D eigenvalue weighted by molar-refractivity contribution is -0.0580. The molecule has 4 aliphatic rings. The Morgan fingerprint density at radius 2 is 1.90 bits per heavy atom. The average molecular weight is 530 g/mol. The number of nitrogens with two attached hydrogens (primary N) is 1. The summed E-state index contributed by atoms with van der Waals surface area (Å²) in [4.78, 5) is 28.9. The quantitative estimate of drug-likeness (QED) is 0.362. The number of hydrogen-bond donors (Lipinski definition) is 4. The van der Waals surface area contributed by atoms with Crippen molar-refractivity contribution in [3.8, 4) is 17.5 Å². The summed E-state index contributed by atoms with van der Waals surface area (Å²) in [6, 6.07) is 9.54. The first-order valence-electron chi connectivity index (χ1n) is 13.4. The van der Waals surface area contributed by atoms with Crippen LogP contribution in [0.3, 0.4) is 0 Å². The van der Waals surface area contributed by atoms with Crippen LogP contribution in [0.5, 0.6) is 0 Å². The van der Waals surface area contributed by atoms with E-state index in [4.69, 9.17) is 10.5 Å². The molecule has 4 fully saturated rings. The third-order valence-electron chi connectivity index (χ3n) is 8.67. The Kier molecular flexibility index (Phi) is 6.14. The highest BCUT2D eigenvalue weighted by molar-refractivity contribution is 6.00. The molecule has 0 spiro atoms. The fourth-order valence-corrected chi connectivity index (χ4v) is 6.21. The van der Waals surface area contributed by atoms with Crippen molar-refractivity contribution in [1.29, 1.82) is 5.26 Å². The smallest absolute Gasteiger partial charge is 0.404 e. The van der Waals surface area contributed by atoms with Gasteiger partial charge in [0.2, 0.25) is 0 Å². The van der Waals surface area contributed by atoms with Crippen LogP contribution in [0.15, 0.2) is 36.7 Å². The molecular formula is C28H31N7O4. The predicted octanol–water partition coefficient (Wildman–Crippen LogP) is 3.12. The topological polar surface area (TPSA) is 168 Å². The lowest BCUT2D eigenvalue weighted by atomic mass is 9.63. The molecule has 5 N–H and O–H groups in total. The summed E-state index contributed by atoms with van der Waals surface area (Å²) in [7, 11) is 0. The Morgan fingerprint density at radius 3 is 2.59 bits per heavy atom. The van der Waals surface area contributed by atoms with E-state index in [0.717, 1.165) is 49.7 Å². The van der Waals surface area contributed by atoms with Crippen LogP contribution in [-0.2, 0) is 4.74 Å². The van der Waals surface area contributed by atoms with Gasteiger partial charge in [-0.15, -0.1) is 0 Å². The Hall–Kier alpha value is -4.17. The number of aromatic nitrogens is 3. The molecule has 4 saturated carbocycles. The molecule has 202 valence electrons. The summed E-state index contributed by atoms with van der Waals surface area (Å²) in [5.41, 5.74) is 8.12. The number of amides is 2. The Morgan fingerprint density at radius 1 is 1.15 bits per heavy atom. The maximum Gasteiger partial charge on any atom is 0.404 e. The van der Waals surface area contributed by atoms with Gasteiger partial charge in [0.25, 0.3) is 5.91 Å². The Bertz CT molecular complexity index is 1460. The highest BCUT2D eigenvalue weighted by Crippen LogP contribution is 2.48. The number of nitrogens with zero attached hydrogens (tertiary/aromatic N) is 4. The number of aliphatic hydroxyl groups is 1. The SMILES string of the molecule is N#Cc1cnn2c(-c3cc(NC45CCC(O)(CC4)CC5)c(C(=O)NC[C@H]4C[C@H](OC(N)=O)C4)cn3)ccc2c1. The lowest BCUT2D eigenvalue weighted by Gasteiger charge is -2.51. The summed E-state index contributed by atoms with van der Waals surface area (Å²) < 4.78 is 6.73. The number of nitrogens with one attached hydrogen (secondary N) is 2. The zero-order valence-electron chi connectivity index (χ0n) is 21.5. The van der Waals surface area contributed by atoms with Gasteiger partial charge in [-0.2, -0.15) is 10.4 Å². The van der Waals surface area contributed by atoms with Gasteiger partial charge >= 0.3 is 6.09 Å². The number of primary amides is 1. The molecule has 0 aromatic carbocycles.